The van der Waals surface area contributed by atoms with E-state index in [9.17, 15) is 19.2 Å². The van der Waals surface area contributed by atoms with E-state index in [1.165, 1.54) is 6.92 Å². The Kier molecular flexibility index (Phi) is 20.0. The Balaban J connectivity index is 4.78. The van der Waals surface area contributed by atoms with Crippen LogP contribution in [0, 0.1) is 5.92 Å². The first-order valence-corrected chi connectivity index (χ1v) is 14.1. The lowest BCUT2D eigenvalue weighted by atomic mass is 9.90. The highest BCUT2D eigenvalue weighted by Crippen LogP contribution is 2.16. The van der Waals surface area contributed by atoms with Crippen LogP contribution in [-0.4, -0.2) is 72.9 Å². The Morgan fingerprint density at radius 2 is 1.25 bits per heavy atom. The third-order valence-electron chi connectivity index (χ3n) is 6.59. The van der Waals surface area contributed by atoms with Gasteiger partial charge in [0, 0.05) is 31.8 Å². The Morgan fingerprint density at radius 1 is 0.700 bits per heavy atom. The van der Waals surface area contributed by atoms with Crippen LogP contribution in [0.4, 0.5) is 0 Å². The molecular weight excluding hydrogens is 516 g/mol. The molecule has 0 saturated heterocycles. The number of nitrogens with one attached hydrogen (secondary N) is 1. The van der Waals surface area contributed by atoms with E-state index in [1.54, 1.807) is 0 Å². The molecule has 0 fully saturated rings. The van der Waals surface area contributed by atoms with Gasteiger partial charge in [0.1, 0.15) is 11.6 Å². The molecule has 0 spiro atoms. The number of hydrogen-bond donors (Lipinski definition) is 8. The molecule has 0 aromatic heterocycles. The first-order chi connectivity index (χ1) is 18.9. The van der Waals surface area contributed by atoms with Gasteiger partial charge in [-0.25, -0.2) is 0 Å². The summed E-state index contributed by atoms with van der Waals surface area (Å²) in [6, 6.07) is -2.17. The van der Waals surface area contributed by atoms with Crippen LogP contribution in [0.15, 0.2) is 9.98 Å². The molecule has 14 nitrogen and oxygen atoms in total. The van der Waals surface area contributed by atoms with Crippen LogP contribution in [0.5, 0.6) is 0 Å². The van der Waals surface area contributed by atoms with Gasteiger partial charge in [0.15, 0.2) is 17.7 Å². The van der Waals surface area contributed by atoms with Crippen LogP contribution in [0.1, 0.15) is 84.0 Å². The highest BCUT2D eigenvalue weighted by Gasteiger charge is 2.24. The van der Waals surface area contributed by atoms with E-state index in [4.69, 9.17) is 40.1 Å². The summed E-state index contributed by atoms with van der Waals surface area (Å²) in [5.41, 5.74) is 38.9. The predicted octanol–water partition coefficient (Wildman–Crippen LogP) is -1.34. The molecule has 0 bridgehead atoms. The predicted molar refractivity (Wildman–Crippen MR) is 158 cm³/mol. The fourth-order valence-electron chi connectivity index (χ4n) is 4.12. The van der Waals surface area contributed by atoms with Gasteiger partial charge < -0.3 is 45.5 Å². The number of nitrogens with zero attached hydrogens (tertiary/aromatic N) is 2. The van der Waals surface area contributed by atoms with Crippen LogP contribution >= 0.6 is 0 Å². The second-order valence-electron chi connectivity index (χ2n) is 10.1. The Bertz CT molecular complexity index is 841. The van der Waals surface area contributed by atoms with Gasteiger partial charge >= 0.3 is 0 Å². The molecule has 1 unspecified atom stereocenters. The van der Waals surface area contributed by atoms with Crippen molar-refractivity contribution in [2.24, 2.45) is 56.0 Å². The first kappa shape index (κ1) is 36.9. The second kappa shape index (κ2) is 21.7. The van der Waals surface area contributed by atoms with Crippen LogP contribution < -0.4 is 45.5 Å². The zero-order chi connectivity index (χ0) is 30.5. The maximum Gasteiger partial charge on any atom is 0.237 e. The summed E-state index contributed by atoms with van der Waals surface area (Å²) in [5, 5.41) is 2.77. The molecule has 230 valence electrons. The quantitative estimate of drug-likeness (QED) is 0.0382. The topological polar surface area (TPSA) is 287 Å². The average Bonchev–Trinajstić information content (AvgIpc) is 2.89. The van der Waals surface area contributed by atoms with Crippen molar-refractivity contribution in [2.75, 3.05) is 19.6 Å². The van der Waals surface area contributed by atoms with Gasteiger partial charge in [0.05, 0.1) is 18.1 Å². The zero-order valence-electron chi connectivity index (χ0n) is 24.0. The maximum atomic E-state index is 12.9. The second-order valence-corrected chi connectivity index (χ2v) is 10.1. The molecule has 14 heteroatoms. The number of guanidine groups is 2. The number of carbonyl (C=O) groups is 4. The molecule has 0 aliphatic rings. The molecule has 0 aromatic rings. The van der Waals surface area contributed by atoms with Gasteiger partial charge in [-0.15, -0.1) is 0 Å². The number of carbonyl (C=O) groups excluding carboxylic acids is 4. The van der Waals surface area contributed by atoms with Gasteiger partial charge in [0.25, 0.3) is 0 Å². The summed E-state index contributed by atoms with van der Waals surface area (Å²) in [4.78, 5) is 57.9. The van der Waals surface area contributed by atoms with E-state index in [0.29, 0.717) is 71.0 Å². The van der Waals surface area contributed by atoms with Crippen molar-refractivity contribution in [2.45, 2.75) is 102 Å². The molecule has 0 saturated carbocycles. The van der Waals surface area contributed by atoms with Gasteiger partial charge in [-0.1, -0.05) is 12.8 Å². The molecule has 1 amide bonds. The number of Topliss-reactive ketones (excluding diaryl/α,β-unsaturated/α-hetero) is 3. The summed E-state index contributed by atoms with van der Waals surface area (Å²) in [5.74, 6) is -1.28. The minimum Gasteiger partial charge on any atom is -0.370 e. The highest BCUT2D eigenvalue weighted by atomic mass is 16.2. The molecular formula is C26H52N10O4. The fraction of sp³-hybridized carbons (Fsp3) is 0.769. The Labute approximate surface area is 237 Å². The molecule has 0 heterocycles. The summed E-state index contributed by atoms with van der Waals surface area (Å²) in [6.45, 7) is 2.69. The van der Waals surface area contributed by atoms with E-state index in [1.807, 2.05) is 0 Å². The smallest absolute Gasteiger partial charge is 0.237 e. The van der Waals surface area contributed by atoms with E-state index < -0.39 is 24.0 Å². The SMILES string of the molecule is CC(=O)[C@@H](CCCN=C(N)N)CC(=O)[C@H](N)CCCCC(=O)C(CCCN=C(N)N)NC(=O)[C@@H](N)CCCCN. The average molecular weight is 569 g/mol. The summed E-state index contributed by atoms with van der Waals surface area (Å²) >= 11 is 0. The molecule has 4 atom stereocenters. The van der Waals surface area contributed by atoms with Crippen LogP contribution in [0.3, 0.4) is 0 Å². The van der Waals surface area contributed by atoms with Crippen molar-refractivity contribution < 1.29 is 19.2 Å². The number of ketones is 3. The Hall–Kier alpha value is -3.10. The molecule has 40 heavy (non-hydrogen) atoms. The third-order valence-corrected chi connectivity index (χ3v) is 6.59. The van der Waals surface area contributed by atoms with Crippen LogP contribution in [-0.2, 0) is 19.2 Å². The number of aliphatic imine (C=N–C) groups is 2. The zero-order valence-corrected chi connectivity index (χ0v) is 24.0. The number of unbranched alkanes of at least 4 members (excludes halogenated alkanes) is 2. The minimum atomic E-state index is -0.728. The van der Waals surface area contributed by atoms with Crippen LogP contribution in [0.2, 0.25) is 0 Å². The van der Waals surface area contributed by atoms with Crippen molar-refractivity contribution in [1.29, 1.82) is 0 Å². The highest BCUT2D eigenvalue weighted by molar-refractivity contribution is 5.91. The largest absolute Gasteiger partial charge is 0.370 e. The normalized spacial score (nSPS) is 13.9. The van der Waals surface area contributed by atoms with E-state index in [-0.39, 0.29) is 48.0 Å². The third kappa shape index (κ3) is 18.2. The van der Waals surface area contributed by atoms with Crippen molar-refractivity contribution in [1.82, 2.24) is 5.32 Å². The van der Waals surface area contributed by atoms with Crippen molar-refractivity contribution >= 4 is 35.2 Å². The lowest BCUT2D eigenvalue weighted by Crippen LogP contribution is -2.48. The van der Waals surface area contributed by atoms with Gasteiger partial charge in [-0.3, -0.25) is 29.2 Å². The fourth-order valence-corrected chi connectivity index (χ4v) is 4.12. The molecule has 0 aromatic carbocycles. The summed E-state index contributed by atoms with van der Waals surface area (Å²) in [7, 11) is 0. The molecule has 0 radical (unpaired) electrons. The monoisotopic (exact) mass is 568 g/mol. The lowest BCUT2D eigenvalue weighted by Gasteiger charge is -2.20. The number of rotatable bonds is 24. The minimum absolute atomic E-state index is 0.0162. The Morgan fingerprint density at radius 3 is 1.80 bits per heavy atom. The number of nitrogens with two attached hydrogens (primary N) is 7. The molecule has 0 rings (SSSR count). The van der Waals surface area contributed by atoms with Crippen molar-refractivity contribution in [3.8, 4) is 0 Å². The van der Waals surface area contributed by atoms with Crippen molar-refractivity contribution in [3.63, 3.8) is 0 Å². The van der Waals surface area contributed by atoms with Crippen LogP contribution in [0.25, 0.3) is 0 Å². The van der Waals surface area contributed by atoms with Gasteiger partial charge in [-0.2, -0.15) is 0 Å². The van der Waals surface area contributed by atoms with E-state index in [2.05, 4.69) is 15.3 Å². The summed E-state index contributed by atoms with van der Waals surface area (Å²) < 4.78 is 0. The van der Waals surface area contributed by atoms with Gasteiger partial charge in [0.2, 0.25) is 5.91 Å². The standard InChI is InChI=1S/C26H52N10O4/c1-17(37)18(8-6-14-34-25(30)31)16-23(39)19(28)9-2-3-12-22(38)21(11-7-15-35-26(32)33)36-24(40)20(29)10-4-5-13-27/h18-21H,2-16,27-29H2,1H3,(H,36,40)(H4,30,31,34)(H4,32,33,35)/t18-,19+,20-,21?/m0/s1. The van der Waals surface area contributed by atoms with Gasteiger partial charge in [-0.05, 0) is 64.8 Å². The molecule has 0 aliphatic carbocycles. The number of hydrogen-bond acceptors (Lipinski definition) is 9. The lowest BCUT2D eigenvalue weighted by molar-refractivity contribution is -0.129. The number of amides is 1. The first-order valence-electron chi connectivity index (χ1n) is 14.1. The van der Waals surface area contributed by atoms with E-state index in [0.717, 1.165) is 12.8 Å². The molecule has 0 aliphatic heterocycles. The maximum absolute atomic E-state index is 12.9. The summed E-state index contributed by atoms with van der Waals surface area (Å²) in [6.07, 6.45) is 5.59. The molecule has 15 N–H and O–H groups in total. The van der Waals surface area contributed by atoms with Crippen molar-refractivity contribution in [3.05, 3.63) is 0 Å². The van der Waals surface area contributed by atoms with E-state index >= 15 is 0 Å².